The fraction of sp³-hybridized carbons (Fsp3) is 0.471. The van der Waals surface area contributed by atoms with Crippen LogP contribution in [0.4, 0.5) is 0 Å². The predicted octanol–water partition coefficient (Wildman–Crippen LogP) is 4.30. The molecule has 0 unspecified atom stereocenters. The zero-order valence-corrected chi connectivity index (χ0v) is 13.4. The molecule has 1 saturated heterocycles. The van der Waals surface area contributed by atoms with Gasteiger partial charge in [-0.3, -0.25) is 4.90 Å². The number of allylic oxidation sites excluding steroid dienone is 4. The van der Waals surface area contributed by atoms with Crippen molar-refractivity contribution in [3.8, 4) is 0 Å². The third kappa shape index (κ3) is 3.35. The second-order valence-corrected chi connectivity index (χ2v) is 6.49. The molecule has 20 heavy (non-hydrogen) atoms. The zero-order valence-electron chi connectivity index (χ0n) is 11.8. The van der Waals surface area contributed by atoms with E-state index < -0.39 is 0 Å². The minimum atomic E-state index is 0.975. The van der Waals surface area contributed by atoms with Crippen LogP contribution >= 0.6 is 15.9 Å². The molecule has 3 heterocycles. The van der Waals surface area contributed by atoms with Crippen molar-refractivity contribution in [2.45, 2.75) is 32.1 Å². The van der Waals surface area contributed by atoms with Gasteiger partial charge in [-0.25, -0.2) is 0 Å². The van der Waals surface area contributed by atoms with Gasteiger partial charge in [-0.15, -0.1) is 0 Å². The largest absolute Gasteiger partial charge is 0.312 e. The lowest BCUT2D eigenvalue weighted by molar-refractivity contribution is 0.290. The Morgan fingerprint density at radius 1 is 1.10 bits per heavy atom. The van der Waals surface area contributed by atoms with Gasteiger partial charge in [-0.1, -0.05) is 24.6 Å². The van der Waals surface area contributed by atoms with E-state index in [1.54, 1.807) is 0 Å². The molecule has 3 heteroatoms. The Labute approximate surface area is 130 Å². The molecule has 0 atom stereocenters. The van der Waals surface area contributed by atoms with E-state index >= 15 is 0 Å². The van der Waals surface area contributed by atoms with Gasteiger partial charge in [0.15, 0.2) is 0 Å². The highest BCUT2D eigenvalue weighted by molar-refractivity contribution is 9.11. The van der Waals surface area contributed by atoms with E-state index in [1.807, 2.05) is 0 Å². The fourth-order valence-corrected chi connectivity index (χ4v) is 3.29. The molecular weight excluding hydrogens is 312 g/mol. The summed E-state index contributed by atoms with van der Waals surface area (Å²) in [6, 6.07) is 0. The average molecular weight is 333 g/mol. The summed E-state index contributed by atoms with van der Waals surface area (Å²) in [5.74, 6) is 0. The normalized spacial score (nSPS) is 23.4. The maximum Gasteiger partial charge on any atom is 0.0880 e. The first-order valence-electron chi connectivity index (χ1n) is 7.54. The number of rotatable bonds is 2. The Balaban J connectivity index is 1.77. The van der Waals surface area contributed by atoms with E-state index in [2.05, 4.69) is 62.0 Å². The van der Waals surface area contributed by atoms with E-state index in [9.17, 15) is 0 Å². The van der Waals surface area contributed by atoms with Crippen LogP contribution in [0.15, 0.2) is 52.1 Å². The highest BCUT2D eigenvalue weighted by atomic mass is 79.9. The molecule has 3 rings (SSSR count). The van der Waals surface area contributed by atoms with E-state index in [1.165, 1.54) is 44.5 Å². The van der Waals surface area contributed by atoms with Crippen molar-refractivity contribution < 1.29 is 0 Å². The number of likely N-dealkylation sites (tertiary alicyclic amines) is 1. The van der Waals surface area contributed by atoms with Crippen molar-refractivity contribution in [3.63, 3.8) is 0 Å². The van der Waals surface area contributed by atoms with Gasteiger partial charge in [0.25, 0.3) is 0 Å². The Bertz CT molecular complexity index is 513. The summed E-state index contributed by atoms with van der Waals surface area (Å²) < 4.78 is 1.12. The topological polar surface area (TPSA) is 6.48 Å². The first-order valence-corrected chi connectivity index (χ1v) is 8.33. The molecule has 0 aromatic carbocycles. The predicted molar refractivity (Wildman–Crippen MR) is 87.2 cm³/mol. The minimum absolute atomic E-state index is 0.975. The molecular formula is C17H21BrN2. The van der Waals surface area contributed by atoms with Crippen LogP contribution in [0.1, 0.15) is 32.1 Å². The molecule has 0 N–H and O–H groups in total. The SMILES string of the molecule is BrC1=CN2C(=C=CCC=C2CN2CCCCCC2)C=C1. The summed E-state index contributed by atoms with van der Waals surface area (Å²) in [5.41, 5.74) is 5.90. The second-order valence-electron chi connectivity index (χ2n) is 5.57. The van der Waals surface area contributed by atoms with Crippen molar-refractivity contribution >= 4 is 15.9 Å². The highest BCUT2D eigenvalue weighted by Gasteiger charge is 2.18. The average Bonchev–Trinajstić information content (AvgIpc) is 2.81. The molecule has 0 spiro atoms. The Hall–Kier alpha value is -1.02. The van der Waals surface area contributed by atoms with E-state index in [-0.39, 0.29) is 0 Å². The van der Waals surface area contributed by atoms with Crippen LogP contribution in [0.25, 0.3) is 0 Å². The van der Waals surface area contributed by atoms with Crippen LogP contribution in [-0.4, -0.2) is 29.4 Å². The third-order valence-electron chi connectivity index (χ3n) is 4.03. The molecule has 0 aromatic heterocycles. The summed E-state index contributed by atoms with van der Waals surface area (Å²) in [7, 11) is 0. The molecule has 0 saturated carbocycles. The lowest BCUT2D eigenvalue weighted by Crippen LogP contribution is -2.31. The Kier molecular flexibility index (Phi) is 4.62. The van der Waals surface area contributed by atoms with Gasteiger partial charge in [0.2, 0.25) is 0 Å². The first-order chi connectivity index (χ1) is 9.83. The standard InChI is InChI=1S/C17H21BrN2/c18-15-9-10-16-7-3-4-8-17(20(16)13-15)14-19-11-5-1-2-6-12-19/h3,8-10,13H,1-2,4-6,11-12,14H2. The fourth-order valence-electron chi connectivity index (χ4n) is 2.95. The van der Waals surface area contributed by atoms with Crippen LogP contribution in [0.5, 0.6) is 0 Å². The van der Waals surface area contributed by atoms with E-state index in [0.29, 0.717) is 0 Å². The number of hydrogen-bond donors (Lipinski definition) is 0. The van der Waals surface area contributed by atoms with E-state index in [0.717, 1.165) is 23.1 Å². The maximum absolute atomic E-state index is 3.58. The lowest BCUT2D eigenvalue weighted by atomic mass is 10.2. The Morgan fingerprint density at radius 3 is 2.70 bits per heavy atom. The third-order valence-corrected chi connectivity index (χ3v) is 4.50. The number of fused-ring (bicyclic) bond motifs is 1. The van der Waals surface area contributed by atoms with Gasteiger partial charge in [0.1, 0.15) is 0 Å². The van der Waals surface area contributed by atoms with Crippen LogP contribution < -0.4 is 0 Å². The summed E-state index contributed by atoms with van der Waals surface area (Å²) in [6.07, 6.45) is 17.3. The number of nitrogens with zero attached hydrogens (tertiary/aromatic N) is 2. The lowest BCUT2D eigenvalue weighted by Gasteiger charge is -2.30. The molecule has 0 aromatic rings. The molecule has 0 bridgehead atoms. The molecule has 1 fully saturated rings. The molecule has 0 aliphatic carbocycles. The smallest absolute Gasteiger partial charge is 0.0880 e. The van der Waals surface area contributed by atoms with Gasteiger partial charge >= 0.3 is 0 Å². The maximum atomic E-state index is 3.58. The van der Waals surface area contributed by atoms with Crippen molar-refractivity contribution in [2.24, 2.45) is 0 Å². The molecule has 0 radical (unpaired) electrons. The molecule has 106 valence electrons. The first kappa shape index (κ1) is 13.9. The van der Waals surface area contributed by atoms with E-state index in [4.69, 9.17) is 0 Å². The van der Waals surface area contributed by atoms with Crippen molar-refractivity contribution in [1.82, 2.24) is 9.80 Å². The second kappa shape index (κ2) is 6.62. The van der Waals surface area contributed by atoms with Gasteiger partial charge in [-0.05, 0) is 66.5 Å². The van der Waals surface area contributed by atoms with Crippen molar-refractivity contribution in [3.05, 3.63) is 52.1 Å². The van der Waals surface area contributed by atoms with Gasteiger partial charge < -0.3 is 4.90 Å². The highest BCUT2D eigenvalue weighted by Crippen LogP contribution is 2.27. The minimum Gasteiger partial charge on any atom is -0.312 e. The summed E-state index contributed by atoms with van der Waals surface area (Å²) in [4.78, 5) is 4.88. The Morgan fingerprint density at radius 2 is 1.90 bits per heavy atom. The summed E-state index contributed by atoms with van der Waals surface area (Å²) in [5, 5.41) is 0. The van der Waals surface area contributed by atoms with Crippen molar-refractivity contribution in [1.29, 1.82) is 0 Å². The molecule has 3 aliphatic rings. The van der Waals surface area contributed by atoms with Crippen LogP contribution in [-0.2, 0) is 0 Å². The van der Waals surface area contributed by atoms with Crippen molar-refractivity contribution in [2.75, 3.05) is 19.6 Å². The van der Waals surface area contributed by atoms with Crippen LogP contribution in [0.2, 0.25) is 0 Å². The molecule has 0 amide bonds. The van der Waals surface area contributed by atoms with Crippen LogP contribution in [0.3, 0.4) is 0 Å². The molecule has 2 nitrogen and oxygen atoms in total. The monoisotopic (exact) mass is 332 g/mol. The van der Waals surface area contributed by atoms with Gasteiger partial charge in [0, 0.05) is 22.9 Å². The molecule has 3 aliphatic heterocycles. The van der Waals surface area contributed by atoms with Gasteiger partial charge in [-0.2, -0.15) is 0 Å². The zero-order chi connectivity index (χ0) is 13.8. The van der Waals surface area contributed by atoms with Gasteiger partial charge in [0.05, 0.1) is 5.70 Å². The number of hydrogen-bond acceptors (Lipinski definition) is 2. The number of halogens is 1. The summed E-state index contributed by atoms with van der Waals surface area (Å²) in [6.45, 7) is 3.51. The summed E-state index contributed by atoms with van der Waals surface area (Å²) >= 11 is 3.58. The van der Waals surface area contributed by atoms with Crippen LogP contribution in [0, 0.1) is 0 Å². The quantitative estimate of drug-likeness (QED) is 0.695.